The molecule has 15 heavy (non-hydrogen) atoms. The lowest BCUT2D eigenvalue weighted by Crippen LogP contribution is -2.19. The standard InChI is InChI=1S/C10H12ClFO3/c11-7-3-6(4-8(12)5-7)10(15)9(14)1-2-13/h3-5,9-10,13-15H,1-2H2. The molecule has 0 aromatic heterocycles. The highest BCUT2D eigenvalue weighted by Crippen LogP contribution is 2.23. The second kappa shape index (κ2) is 5.42. The van der Waals surface area contributed by atoms with Gasteiger partial charge in [0.1, 0.15) is 11.9 Å². The molecule has 2 atom stereocenters. The summed E-state index contributed by atoms with van der Waals surface area (Å²) in [5, 5.41) is 27.7. The quantitative estimate of drug-likeness (QED) is 0.735. The third kappa shape index (κ3) is 3.43. The van der Waals surface area contributed by atoms with E-state index < -0.39 is 18.0 Å². The van der Waals surface area contributed by atoms with E-state index in [1.807, 2.05) is 0 Å². The first-order valence-corrected chi connectivity index (χ1v) is 4.85. The Labute approximate surface area is 91.7 Å². The Bertz CT molecular complexity index is 312. The predicted molar refractivity (Wildman–Crippen MR) is 54.1 cm³/mol. The summed E-state index contributed by atoms with van der Waals surface area (Å²) in [5.41, 5.74) is 0.195. The van der Waals surface area contributed by atoms with Crippen LogP contribution in [0.1, 0.15) is 18.1 Å². The van der Waals surface area contributed by atoms with Crippen LogP contribution in [0.3, 0.4) is 0 Å². The number of benzene rings is 1. The third-order valence-electron chi connectivity index (χ3n) is 2.02. The lowest BCUT2D eigenvalue weighted by atomic mass is 10.0. The fourth-order valence-electron chi connectivity index (χ4n) is 1.26. The molecular formula is C10H12ClFO3. The normalized spacial score (nSPS) is 15.0. The summed E-state index contributed by atoms with van der Waals surface area (Å²) in [6.45, 7) is -0.249. The van der Waals surface area contributed by atoms with Crippen molar-refractivity contribution in [3.05, 3.63) is 34.6 Å². The van der Waals surface area contributed by atoms with Crippen molar-refractivity contribution in [2.45, 2.75) is 18.6 Å². The van der Waals surface area contributed by atoms with Gasteiger partial charge in [0.15, 0.2) is 0 Å². The van der Waals surface area contributed by atoms with Crippen molar-refractivity contribution in [3.8, 4) is 0 Å². The van der Waals surface area contributed by atoms with Crippen molar-refractivity contribution in [3.63, 3.8) is 0 Å². The monoisotopic (exact) mass is 234 g/mol. The highest BCUT2D eigenvalue weighted by Gasteiger charge is 2.18. The average Bonchev–Trinajstić information content (AvgIpc) is 2.15. The number of hydrogen-bond donors (Lipinski definition) is 3. The molecule has 3 N–H and O–H groups in total. The molecular weight excluding hydrogens is 223 g/mol. The zero-order chi connectivity index (χ0) is 11.4. The van der Waals surface area contributed by atoms with E-state index in [1.165, 1.54) is 6.07 Å². The Hall–Kier alpha value is -0.680. The summed E-state index contributed by atoms with van der Waals surface area (Å²) in [6.07, 6.45) is -2.35. The largest absolute Gasteiger partial charge is 0.396 e. The molecule has 0 bridgehead atoms. The van der Waals surface area contributed by atoms with E-state index in [-0.39, 0.29) is 23.6 Å². The molecule has 0 spiro atoms. The summed E-state index contributed by atoms with van der Waals surface area (Å²) in [5.74, 6) is -0.576. The molecule has 1 aromatic rings. The number of halogens is 2. The van der Waals surface area contributed by atoms with Crippen LogP contribution in [0.4, 0.5) is 4.39 Å². The molecule has 0 aliphatic heterocycles. The molecule has 0 heterocycles. The predicted octanol–water partition coefficient (Wildman–Crippen LogP) is 1.26. The maximum absolute atomic E-state index is 12.9. The number of rotatable bonds is 4. The van der Waals surface area contributed by atoms with Crippen LogP contribution in [-0.2, 0) is 0 Å². The van der Waals surface area contributed by atoms with Gasteiger partial charge in [-0.05, 0) is 30.2 Å². The Kier molecular flexibility index (Phi) is 4.47. The maximum Gasteiger partial charge on any atom is 0.125 e. The minimum absolute atomic E-state index is 0.0231. The molecule has 2 unspecified atom stereocenters. The molecule has 3 nitrogen and oxygen atoms in total. The first kappa shape index (κ1) is 12.4. The van der Waals surface area contributed by atoms with E-state index in [2.05, 4.69) is 0 Å². The van der Waals surface area contributed by atoms with E-state index in [1.54, 1.807) is 0 Å². The van der Waals surface area contributed by atoms with E-state index >= 15 is 0 Å². The Morgan fingerprint density at radius 1 is 1.27 bits per heavy atom. The van der Waals surface area contributed by atoms with Crippen LogP contribution in [0.5, 0.6) is 0 Å². The van der Waals surface area contributed by atoms with Crippen LogP contribution in [0.25, 0.3) is 0 Å². The van der Waals surface area contributed by atoms with Gasteiger partial charge in [0.2, 0.25) is 0 Å². The van der Waals surface area contributed by atoms with Crippen molar-refractivity contribution in [1.82, 2.24) is 0 Å². The molecule has 84 valence electrons. The molecule has 0 aliphatic rings. The van der Waals surface area contributed by atoms with Gasteiger partial charge < -0.3 is 15.3 Å². The smallest absolute Gasteiger partial charge is 0.125 e. The van der Waals surface area contributed by atoms with E-state index in [0.717, 1.165) is 12.1 Å². The van der Waals surface area contributed by atoms with Crippen LogP contribution in [-0.4, -0.2) is 28.0 Å². The Balaban J connectivity index is 2.85. The second-order valence-electron chi connectivity index (χ2n) is 3.23. The minimum Gasteiger partial charge on any atom is -0.396 e. The zero-order valence-corrected chi connectivity index (χ0v) is 8.65. The first-order chi connectivity index (χ1) is 7.04. The Morgan fingerprint density at radius 3 is 2.47 bits per heavy atom. The average molecular weight is 235 g/mol. The van der Waals surface area contributed by atoms with Crippen molar-refractivity contribution in [2.24, 2.45) is 0 Å². The molecule has 0 saturated carbocycles. The van der Waals surface area contributed by atoms with Crippen molar-refractivity contribution < 1.29 is 19.7 Å². The second-order valence-corrected chi connectivity index (χ2v) is 3.66. The molecule has 0 amide bonds. The fourth-order valence-corrected chi connectivity index (χ4v) is 1.49. The molecule has 0 saturated heterocycles. The topological polar surface area (TPSA) is 60.7 Å². The highest BCUT2D eigenvalue weighted by atomic mass is 35.5. The summed E-state index contributed by atoms with van der Waals surface area (Å²) >= 11 is 5.59. The molecule has 0 aliphatic carbocycles. The molecule has 1 aromatic carbocycles. The SMILES string of the molecule is OCCC(O)C(O)c1cc(F)cc(Cl)c1. The van der Waals surface area contributed by atoms with Gasteiger partial charge in [0.25, 0.3) is 0 Å². The summed E-state index contributed by atoms with van der Waals surface area (Å²) in [4.78, 5) is 0. The Morgan fingerprint density at radius 2 is 1.93 bits per heavy atom. The van der Waals surface area contributed by atoms with Gasteiger partial charge >= 0.3 is 0 Å². The zero-order valence-electron chi connectivity index (χ0n) is 7.90. The van der Waals surface area contributed by atoms with Crippen LogP contribution in [0.2, 0.25) is 5.02 Å². The maximum atomic E-state index is 12.9. The van der Waals surface area contributed by atoms with Crippen LogP contribution >= 0.6 is 11.6 Å². The van der Waals surface area contributed by atoms with Gasteiger partial charge in [-0.15, -0.1) is 0 Å². The van der Waals surface area contributed by atoms with Crippen molar-refractivity contribution in [2.75, 3.05) is 6.61 Å². The molecule has 5 heteroatoms. The van der Waals surface area contributed by atoms with Crippen LogP contribution in [0, 0.1) is 5.82 Å². The van der Waals surface area contributed by atoms with E-state index in [4.69, 9.17) is 16.7 Å². The number of aliphatic hydroxyl groups is 3. The van der Waals surface area contributed by atoms with Gasteiger partial charge in [-0.1, -0.05) is 11.6 Å². The lowest BCUT2D eigenvalue weighted by Gasteiger charge is -2.17. The summed E-state index contributed by atoms with van der Waals surface area (Å²) < 4.78 is 12.9. The highest BCUT2D eigenvalue weighted by molar-refractivity contribution is 6.30. The number of hydrogen-bond acceptors (Lipinski definition) is 3. The van der Waals surface area contributed by atoms with Crippen molar-refractivity contribution in [1.29, 1.82) is 0 Å². The fraction of sp³-hybridized carbons (Fsp3) is 0.400. The first-order valence-electron chi connectivity index (χ1n) is 4.47. The van der Waals surface area contributed by atoms with E-state index in [9.17, 15) is 14.6 Å². The summed E-state index contributed by atoms with van der Waals surface area (Å²) in [7, 11) is 0. The van der Waals surface area contributed by atoms with Gasteiger partial charge in [-0.3, -0.25) is 0 Å². The third-order valence-corrected chi connectivity index (χ3v) is 2.23. The minimum atomic E-state index is -1.25. The number of aliphatic hydroxyl groups excluding tert-OH is 3. The summed E-state index contributed by atoms with van der Waals surface area (Å²) in [6, 6.07) is 3.57. The van der Waals surface area contributed by atoms with Crippen molar-refractivity contribution >= 4 is 11.6 Å². The van der Waals surface area contributed by atoms with Gasteiger partial charge in [-0.2, -0.15) is 0 Å². The molecule has 0 fully saturated rings. The van der Waals surface area contributed by atoms with Gasteiger partial charge in [-0.25, -0.2) is 4.39 Å². The van der Waals surface area contributed by atoms with E-state index in [0.29, 0.717) is 0 Å². The molecule has 0 radical (unpaired) electrons. The molecule has 1 rings (SSSR count). The van der Waals surface area contributed by atoms with Crippen LogP contribution < -0.4 is 0 Å². The lowest BCUT2D eigenvalue weighted by molar-refractivity contribution is 0.00409. The van der Waals surface area contributed by atoms with Gasteiger partial charge in [0, 0.05) is 11.6 Å². The van der Waals surface area contributed by atoms with Gasteiger partial charge in [0.05, 0.1) is 6.10 Å². The van der Waals surface area contributed by atoms with Crippen LogP contribution in [0.15, 0.2) is 18.2 Å².